The molecule has 0 aliphatic carbocycles. The van der Waals surface area contributed by atoms with E-state index >= 15 is 0 Å². The van der Waals surface area contributed by atoms with Gasteiger partial charge >= 0.3 is 0 Å². The number of alkyl halides is 4. The second-order valence-electron chi connectivity index (χ2n) is 7.08. The monoisotopic (exact) mass is 457 g/mol. The Morgan fingerprint density at radius 3 is 2.42 bits per heavy atom. The highest BCUT2D eigenvalue weighted by Crippen LogP contribution is 2.36. The molecule has 6 nitrogen and oxygen atoms in total. The topological polar surface area (TPSA) is 64.7 Å². The van der Waals surface area contributed by atoms with Gasteiger partial charge in [-0.2, -0.15) is 10.2 Å². The lowest BCUT2D eigenvalue weighted by molar-refractivity contribution is -0.119. The molecule has 1 N–H and O–H groups in total. The zero-order valence-electron chi connectivity index (χ0n) is 16.9. The SMILES string of the molecule is Cc1cc(C)n(Cc2cccc(NC(=O)C(C)n3nc(C(F)F)c(Cl)c3C(F)F)c2)n1. The van der Waals surface area contributed by atoms with Crippen LogP contribution in [0, 0.1) is 13.8 Å². The number of benzene rings is 1. The molecule has 1 amide bonds. The zero-order valence-corrected chi connectivity index (χ0v) is 17.7. The number of carbonyl (C=O) groups excluding carboxylic acids is 1. The van der Waals surface area contributed by atoms with Gasteiger partial charge in [-0.1, -0.05) is 23.7 Å². The van der Waals surface area contributed by atoms with E-state index in [1.54, 1.807) is 18.2 Å². The lowest BCUT2D eigenvalue weighted by Gasteiger charge is -2.16. The van der Waals surface area contributed by atoms with Gasteiger partial charge in [0.05, 0.1) is 17.3 Å². The second-order valence-corrected chi connectivity index (χ2v) is 7.46. The summed E-state index contributed by atoms with van der Waals surface area (Å²) in [6.07, 6.45) is -6.32. The summed E-state index contributed by atoms with van der Waals surface area (Å²) in [4.78, 5) is 12.6. The molecule has 31 heavy (non-hydrogen) atoms. The summed E-state index contributed by atoms with van der Waals surface area (Å²) in [7, 11) is 0. The number of aryl methyl sites for hydroxylation is 2. The van der Waals surface area contributed by atoms with Gasteiger partial charge in [-0.25, -0.2) is 22.2 Å². The average Bonchev–Trinajstić information content (AvgIpc) is 3.20. The Kier molecular flexibility index (Phi) is 6.68. The molecule has 2 heterocycles. The van der Waals surface area contributed by atoms with E-state index in [2.05, 4.69) is 15.5 Å². The molecule has 1 aromatic carbocycles. The summed E-state index contributed by atoms with van der Waals surface area (Å²) in [5.41, 5.74) is 1.23. The molecule has 1 unspecified atom stereocenters. The Morgan fingerprint density at radius 1 is 1.13 bits per heavy atom. The van der Waals surface area contributed by atoms with E-state index in [0.29, 0.717) is 16.9 Å². The van der Waals surface area contributed by atoms with Gasteiger partial charge in [-0.05, 0) is 44.5 Å². The third-order valence-corrected chi connectivity index (χ3v) is 5.09. The van der Waals surface area contributed by atoms with Crippen LogP contribution in [0.25, 0.3) is 0 Å². The summed E-state index contributed by atoms with van der Waals surface area (Å²) >= 11 is 5.66. The van der Waals surface area contributed by atoms with Crippen LogP contribution in [0.1, 0.15) is 54.2 Å². The number of amides is 1. The molecule has 0 saturated carbocycles. The van der Waals surface area contributed by atoms with Crippen LogP contribution in [-0.2, 0) is 11.3 Å². The van der Waals surface area contributed by atoms with Crippen LogP contribution in [0.5, 0.6) is 0 Å². The minimum Gasteiger partial charge on any atom is -0.324 e. The lowest BCUT2D eigenvalue weighted by Crippen LogP contribution is -2.26. The summed E-state index contributed by atoms with van der Waals surface area (Å²) in [6.45, 7) is 5.56. The van der Waals surface area contributed by atoms with Crippen molar-refractivity contribution in [3.8, 4) is 0 Å². The molecule has 0 saturated heterocycles. The van der Waals surface area contributed by atoms with Crippen molar-refractivity contribution in [3.05, 3.63) is 63.7 Å². The molecule has 11 heteroatoms. The Bertz CT molecular complexity index is 1100. The Balaban J connectivity index is 1.80. The van der Waals surface area contributed by atoms with E-state index in [-0.39, 0.29) is 0 Å². The largest absolute Gasteiger partial charge is 0.324 e. The molecule has 2 aromatic heterocycles. The average molecular weight is 458 g/mol. The van der Waals surface area contributed by atoms with E-state index in [4.69, 9.17) is 11.6 Å². The van der Waals surface area contributed by atoms with Gasteiger partial charge < -0.3 is 5.32 Å². The number of halogens is 5. The summed E-state index contributed by atoms with van der Waals surface area (Å²) in [6, 6.07) is 7.57. The van der Waals surface area contributed by atoms with Gasteiger partial charge in [-0.3, -0.25) is 9.48 Å². The second kappa shape index (κ2) is 9.09. The lowest BCUT2D eigenvalue weighted by atomic mass is 10.2. The van der Waals surface area contributed by atoms with Crippen LogP contribution in [0.2, 0.25) is 5.02 Å². The molecule has 0 aliphatic rings. The highest BCUT2D eigenvalue weighted by molar-refractivity contribution is 6.32. The molecule has 3 rings (SSSR count). The quantitative estimate of drug-likeness (QED) is 0.478. The van der Waals surface area contributed by atoms with Crippen molar-refractivity contribution in [2.45, 2.75) is 46.2 Å². The molecule has 3 aromatic rings. The maximum atomic E-state index is 13.4. The summed E-state index contributed by atoms with van der Waals surface area (Å²) in [5, 5.41) is 9.62. The van der Waals surface area contributed by atoms with Crippen LogP contribution < -0.4 is 5.32 Å². The summed E-state index contributed by atoms with van der Waals surface area (Å²) < 4.78 is 55.2. The van der Waals surface area contributed by atoms with Crippen LogP contribution in [0.4, 0.5) is 23.2 Å². The van der Waals surface area contributed by atoms with E-state index in [9.17, 15) is 22.4 Å². The molecule has 0 fully saturated rings. The smallest absolute Gasteiger partial charge is 0.283 e. The standard InChI is InChI=1S/C20H20ClF4N5O/c1-10-7-11(2)29(27-10)9-13-5-4-6-14(8-13)26-20(31)12(3)30-17(19(24)25)15(21)16(28-30)18(22)23/h4-8,12,18-19H,9H2,1-3H3,(H,26,31). The molecule has 166 valence electrons. The fraction of sp³-hybridized carbons (Fsp3) is 0.350. The van der Waals surface area contributed by atoms with Gasteiger partial charge in [0.25, 0.3) is 12.9 Å². The Labute approximate surface area is 180 Å². The van der Waals surface area contributed by atoms with E-state index in [1.165, 1.54) is 6.92 Å². The first-order chi connectivity index (χ1) is 14.6. The fourth-order valence-electron chi connectivity index (χ4n) is 3.19. The minimum absolute atomic E-state index is 0.418. The van der Waals surface area contributed by atoms with Crippen molar-refractivity contribution in [2.75, 3.05) is 5.32 Å². The first-order valence-electron chi connectivity index (χ1n) is 9.33. The Hall–Kier alpha value is -2.88. The van der Waals surface area contributed by atoms with Crippen LogP contribution in [0.15, 0.2) is 30.3 Å². The van der Waals surface area contributed by atoms with Gasteiger partial charge in [0.15, 0.2) is 0 Å². The van der Waals surface area contributed by atoms with Crippen molar-refractivity contribution < 1.29 is 22.4 Å². The number of hydrogen-bond donors (Lipinski definition) is 1. The third kappa shape index (κ3) is 4.90. The highest BCUT2D eigenvalue weighted by Gasteiger charge is 2.31. The molecule has 1 atom stereocenters. The van der Waals surface area contributed by atoms with E-state index in [1.807, 2.05) is 30.7 Å². The van der Waals surface area contributed by atoms with Crippen molar-refractivity contribution in [1.82, 2.24) is 19.6 Å². The van der Waals surface area contributed by atoms with Crippen molar-refractivity contribution in [1.29, 1.82) is 0 Å². The summed E-state index contributed by atoms with van der Waals surface area (Å²) in [5.74, 6) is -0.704. The minimum atomic E-state index is -3.17. The van der Waals surface area contributed by atoms with Gasteiger partial charge in [0, 0.05) is 11.4 Å². The van der Waals surface area contributed by atoms with Crippen molar-refractivity contribution in [3.63, 3.8) is 0 Å². The van der Waals surface area contributed by atoms with Gasteiger partial charge in [0.1, 0.15) is 17.4 Å². The van der Waals surface area contributed by atoms with Crippen molar-refractivity contribution >= 4 is 23.2 Å². The number of anilines is 1. The molecular formula is C20H20ClF4N5O. The number of nitrogens with one attached hydrogen (secondary N) is 1. The maximum absolute atomic E-state index is 13.4. The number of nitrogens with zero attached hydrogens (tertiary/aromatic N) is 4. The first-order valence-corrected chi connectivity index (χ1v) is 9.71. The fourth-order valence-corrected chi connectivity index (χ4v) is 3.48. The van der Waals surface area contributed by atoms with Gasteiger partial charge in [-0.15, -0.1) is 0 Å². The highest BCUT2D eigenvalue weighted by atomic mass is 35.5. The van der Waals surface area contributed by atoms with E-state index in [0.717, 1.165) is 17.0 Å². The number of hydrogen-bond acceptors (Lipinski definition) is 3. The molecule has 0 spiro atoms. The van der Waals surface area contributed by atoms with Crippen LogP contribution in [-0.4, -0.2) is 25.5 Å². The normalized spacial score (nSPS) is 12.6. The predicted molar refractivity (Wildman–Crippen MR) is 108 cm³/mol. The maximum Gasteiger partial charge on any atom is 0.283 e. The van der Waals surface area contributed by atoms with Gasteiger partial charge in [0.2, 0.25) is 5.91 Å². The number of aromatic nitrogens is 4. The predicted octanol–water partition coefficient (Wildman–Crippen LogP) is 5.47. The van der Waals surface area contributed by atoms with Crippen LogP contribution >= 0.6 is 11.6 Å². The number of rotatable bonds is 7. The third-order valence-electron chi connectivity index (χ3n) is 4.70. The molecule has 0 bridgehead atoms. The van der Waals surface area contributed by atoms with Crippen molar-refractivity contribution in [2.24, 2.45) is 0 Å². The van der Waals surface area contributed by atoms with E-state index < -0.39 is 41.2 Å². The molecule has 0 radical (unpaired) electrons. The zero-order chi connectivity index (χ0) is 22.9. The number of carbonyl (C=O) groups is 1. The van der Waals surface area contributed by atoms with Crippen LogP contribution in [0.3, 0.4) is 0 Å². The Morgan fingerprint density at radius 2 is 1.84 bits per heavy atom. The first kappa shape index (κ1) is 22.8. The molecule has 0 aliphatic heterocycles. The molecular weight excluding hydrogens is 438 g/mol.